The Hall–Kier alpha value is -3.46. The van der Waals surface area contributed by atoms with Crippen LogP contribution in [0.2, 0.25) is 10.0 Å². The first kappa shape index (κ1) is 26.6. The van der Waals surface area contributed by atoms with Gasteiger partial charge in [-0.15, -0.1) is 0 Å². The summed E-state index contributed by atoms with van der Waals surface area (Å²) in [6.45, 7) is -0.270. The number of aliphatic imine (C=N–C) groups is 1. The minimum atomic E-state index is -2.99. The molecular weight excluding hydrogens is 527 g/mol. The Kier molecular flexibility index (Phi) is 8.12. The quantitative estimate of drug-likeness (QED) is 0.217. The number of alkyl halides is 2. The summed E-state index contributed by atoms with van der Waals surface area (Å²) in [5, 5.41) is 24.8. The highest BCUT2D eigenvalue weighted by atomic mass is 35.5. The van der Waals surface area contributed by atoms with Crippen molar-refractivity contribution in [1.82, 2.24) is 21.0 Å². The Bertz CT molecular complexity index is 1280. The largest absolute Gasteiger partial charge is 0.435 e. The van der Waals surface area contributed by atoms with Crippen molar-refractivity contribution in [3.8, 4) is 11.9 Å². The first-order valence-electron chi connectivity index (χ1n) is 11.3. The van der Waals surface area contributed by atoms with Crippen LogP contribution < -0.4 is 20.7 Å². The molecule has 4 rings (SSSR count). The summed E-state index contributed by atoms with van der Waals surface area (Å²) in [4.78, 5) is 17.5. The summed E-state index contributed by atoms with van der Waals surface area (Å²) in [6, 6.07) is 10.1. The Morgan fingerprint density at radius 3 is 2.81 bits per heavy atom. The smallest absolute Gasteiger partial charge is 0.387 e. The lowest BCUT2D eigenvalue weighted by atomic mass is 9.97. The maximum atomic E-state index is 13.2. The van der Waals surface area contributed by atoms with Crippen LogP contribution in [0.15, 0.2) is 52.6 Å². The maximum Gasteiger partial charge on any atom is 0.387 e. The van der Waals surface area contributed by atoms with E-state index in [1.807, 2.05) is 13.1 Å². The third-order valence-corrected chi connectivity index (χ3v) is 6.73. The van der Waals surface area contributed by atoms with E-state index in [0.29, 0.717) is 27.7 Å². The second-order valence-corrected chi connectivity index (χ2v) is 9.45. The number of guanidine groups is 1. The van der Waals surface area contributed by atoms with Crippen LogP contribution in [0.5, 0.6) is 5.75 Å². The number of hydrogen-bond acceptors (Lipinski definition) is 6. The molecule has 0 saturated carbocycles. The van der Waals surface area contributed by atoms with Crippen LogP contribution in [-0.4, -0.2) is 53.9 Å². The van der Waals surface area contributed by atoms with Gasteiger partial charge in [0, 0.05) is 11.6 Å². The number of ether oxygens (including phenoxy) is 1. The van der Waals surface area contributed by atoms with Crippen molar-refractivity contribution >= 4 is 46.5 Å². The number of nitrogens with one attached hydrogen (secondary N) is 3. The van der Waals surface area contributed by atoms with E-state index in [1.54, 1.807) is 24.3 Å². The minimum absolute atomic E-state index is 0.0243. The monoisotopic (exact) mass is 549 g/mol. The first-order valence-corrected chi connectivity index (χ1v) is 12.1. The van der Waals surface area contributed by atoms with Gasteiger partial charge in [-0.25, -0.2) is 10.0 Å². The molecule has 3 N–H and O–H groups in total. The van der Waals surface area contributed by atoms with Crippen molar-refractivity contribution < 1.29 is 18.3 Å². The summed E-state index contributed by atoms with van der Waals surface area (Å²) in [5.74, 6) is -0.249. The molecule has 0 unspecified atom stereocenters. The number of amides is 1. The van der Waals surface area contributed by atoms with Gasteiger partial charge in [0.25, 0.3) is 0 Å². The highest BCUT2D eigenvalue weighted by Crippen LogP contribution is 2.27. The van der Waals surface area contributed by atoms with Crippen LogP contribution in [0.25, 0.3) is 0 Å². The summed E-state index contributed by atoms with van der Waals surface area (Å²) in [5.41, 5.74) is 0.631. The van der Waals surface area contributed by atoms with Crippen LogP contribution in [-0.2, 0) is 4.79 Å². The fourth-order valence-electron chi connectivity index (χ4n) is 4.12. The van der Waals surface area contributed by atoms with Gasteiger partial charge in [0.1, 0.15) is 5.75 Å². The van der Waals surface area contributed by atoms with Gasteiger partial charge in [-0.05, 0) is 50.6 Å². The Morgan fingerprint density at radius 2 is 2.14 bits per heavy atom. The lowest BCUT2D eigenvalue weighted by Crippen LogP contribution is -2.56. The zero-order valence-electron chi connectivity index (χ0n) is 19.6. The van der Waals surface area contributed by atoms with E-state index in [2.05, 4.69) is 30.8 Å². The van der Waals surface area contributed by atoms with E-state index in [-0.39, 0.29) is 29.8 Å². The van der Waals surface area contributed by atoms with Crippen molar-refractivity contribution in [2.75, 3.05) is 13.1 Å². The molecule has 1 amide bonds. The molecule has 0 radical (unpaired) electrons. The second-order valence-electron chi connectivity index (χ2n) is 8.63. The average Bonchev–Trinajstić information content (AvgIpc) is 3.48. The van der Waals surface area contributed by atoms with Crippen molar-refractivity contribution in [3.05, 3.63) is 58.1 Å². The van der Waals surface area contributed by atoms with Crippen LogP contribution in [0.3, 0.4) is 0 Å². The molecule has 2 aromatic carbocycles. The Balaban J connectivity index is 1.67. The molecule has 9 nitrogen and oxygen atoms in total. The molecule has 194 valence electrons. The van der Waals surface area contributed by atoms with E-state index in [4.69, 9.17) is 23.2 Å². The second kappa shape index (κ2) is 11.3. The molecule has 37 heavy (non-hydrogen) atoms. The molecular formula is C24H23Cl2F2N7O2. The van der Waals surface area contributed by atoms with Gasteiger partial charge in [-0.1, -0.05) is 35.3 Å². The summed E-state index contributed by atoms with van der Waals surface area (Å²) in [7, 11) is 0. The molecule has 0 spiro atoms. The van der Waals surface area contributed by atoms with E-state index in [0.717, 1.165) is 13.0 Å². The fourth-order valence-corrected chi connectivity index (χ4v) is 4.42. The van der Waals surface area contributed by atoms with Crippen molar-refractivity contribution in [2.45, 2.75) is 38.0 Å². The van der Waals surface area contributed by atoms with Gasteiger partial charge in [0.05, 0.1) is 39.6 Å². The lowest BCUT2D eigenvalue weighted by Gasteiger charge is -2.26. The van der Waals surface area contributed by atoms with Crippen LogP contribution in [0.1, 0.15) is 25.3 Å². The molecule has 0 aromatic heterocycles. The van der Waals surface area contributed by atoms with Crippen molar-refractivity contribution in [3.63, 3.8) is 0 Å². The number of benzene rings is 2. The van der Waals surface area contributed by atoms with E-state index < -0.39 is 18.2 Å². The van der Waals surface area contributed by atoms with Gasteiger partial charge in [-0.3, -0.25) is 10.1 Å². The van der Waals surface area contributed by atoms with E-state index in [9.17, 15) is 18.8 Å². The number of nitriles is 1. The lowest BCUT2D eigenvalue weighted by molar-refractivity contribution is -0.126. The van der Waals surface area contributed by atoms with Gasteiger partial charge in [0.15, 0.2) is 6.19 Å². The Labute approximate surface area is 222 Å². The number of nitrogens with zero attached hydrogens (tertiary/aromatic N) is 4. The summed E-state index contributed by atoms with van der Waals surface area (Å²) >= 11 is 12.3. The number of carbonyl (C=O) groups excluding carboxylic acids is 1. The molecule has 1 saturated heterocycles. The average molecular weight is 550 g/mol. The standard InChI is InChI=1S/C24H23Cl2F2N7O2/c1-24(8-3-9-31-24)21(36)33-19-12-35(34-20(19)14-6-7-17(25)18(26)10-14)23(30-13-29)32-15-4-2-5-16(11-15)37-22(27)28/h2,4-7,10-11,19,22,31H,3,8-9,12H2,1H3,(H,30,32)(H,33,36)/t19-,24-/m1/s1. The number of halogens is 4. The zero-order valence-corrected chi connectivity index (χ0v) is 21.2. The third-order valence-electron chi connectivity index (χ3n) is 5.99. The molecule has 2 heterocycles. The molecule has 0 bridgehead atoms. The topological polar surface area (TPSA) is 114 Å². The highest BCUT2D eigenvalue weighted by molar-refractivity contribution is 6.42. The van der Waals surface area contributed by atoms with E-state index in [1.165, 1.54) is 23.2 Å². The van der Waals surface area contributed by atoms with Crippen molar-refractivity contribution in [2.24, 2.45) is 10.1 Å². The van der Waals surface area contributed by atoms with Gasteiger partial charge >= 0.3 is 6.61 Å². The van der Waals surface area contributed by atoms with Gasteiger partial charge in [-0.2, -0.15) is 19.1 Å². The predicted molar refractivity (Wildman–Crippen MR) is 136 cm³/mol. The molecule has 13 heteroatoms. The third kappa shape index (κ3) is 6.28. The van der Waals surface area contributed by atoms with Crippen LogP contribution >= 0.6 is 23.2 Å². The normalized spacial score (nSPS) is 21.5. The SMILES string of the molecule is C[C@]1(C(=O)N[C@@H]2CN(C(=Nc3cccc(OC(F)F)c3)NC#N)N=C2c2ccc(Cl)c(Cl)c2)CCCN1. The summed E-state index contributed by atoms with van der Waals surface area (Å²) in [6.07, 6.45) is 3.38. The molecule has 0 aliphatic carbocycles. The molecule has 2 aliphatic rings. The van der Waals surface area contributed by atoms with Gasteiger partial charge in [0.2, 0.25) is 11.9 Å². The predicted octanol–water partition coefficient (Wildman–Crippen LogP) is 4.00. The van der Waals surface area contributed by atoms with Crippen LogP contribution in [0, 0.1) is 11.5 Å². The Morgan fingerprint density at radius 1 is 1.32 bits per heavy atom. The minimum Gasteiger partial charge on any atom is -0.435 e. The maximum absolute atomic E-state index is 13.2. The molecule has 2 atom stereocenters. The number of rotatable bonds is 6. The van der Waals surface area contributed by atoms with Crippen LogP contribution in [0.4, 0.5) is 14.5 Å². The molecule has 2 aliphatic heterocycles. The number of carbonyl (C=O) groups is 1. The number of hydrazone groups is 1. The fraction of sp³-hybridized carbons (Fsp3) is 0.333. The van der Waals surface area contributed by atoms with Gasteiger partial charge < -0.3 is 15.4 Å². The first-order chi connectivity index (χ1) is 17.7. The summed E-state index contributed by atoms with van der Waals surface area (Å²) < 4.78 is 29.7. The molecule has 2 aromatic rings. The highest BCUT2D eigenvalue weighted by Gasteiger charge is 2.40. The van der Waals surface area contributed by atoms with E-state index >= 15 is 0 Å². The molecule has 1 fully saturated rings. The number of hydrogen-bond donors (Lipinski definition) is 3. The van der Waals surface area contributed by atoms with Crippen molar-refractivity contribution in [1.29, 1.82) is 5.26 Å². The zero-order chi connectivity index (χ0) is 26.6.